The van der Waals surface area contributed by atoms with Crippen molar-refractivity contribution in [2.45, 2.75) is 25.3 Å². The van der Waals surface area contributed by atoms with Gasteiger partial charge in [-0.05, 0) is 25.0 Å². The van der Waals surface area contributed by atoms with E-state index in [1.54, 1.807) is 7.11 Å². The van der Waals surface area contributed by atoms with Crippen molar-refractivity contribution in [2.24, 2.45) is 5.92 Å². The van der Waals surface area contributed by atoms with Crippen LogP contribution in [0.25, 0.3) is 0 Å². The molecule has 0 saturated heterocycles. The summed E-state index contributed by atoms with van der Waals surface area (Å²) in [4.78, 5) is 11.8. The minimum absolute atomic E-state index is 0.00608. The van der Waals surface area contributed by atoms with Gasteiger partial charge in [-0.2, -0.15) is 0 Å². The van der Waals surface area contributed by atoms with Gasteiger partial charge in [-0.3, -0.25) is 0 Å². The lowest BCUT2D eigenvalue weighted by molar-refractivity contribution is 0.142. The van der Waals surface area contributed by atoms with Gasteiger partial charge in [0, 0.05) is 19.1 Å². The van der Waals surface area contributed by atoms with Crippen LogP contribution in [-0.4, -0.2) is 25.8 Å². The van der Waals surface area contributed by atoms with Gasteiger partial charge >= 0.3 is 6.03 Å². The Balaban J connectivity index is 1.94. The molecule has 1 aliphatic carbocycles. The zero-order valence-electron chi connectivity index (χ0n) is 11.3. The largest absolute Gasteiger partial charge is 0.384 e. The number of carbonyl (C=O) groups excluding carboxylic acids is 1. The number of ether oxygens (including phenoxy) is 1. The Morgan fingerprint density at radius 1 is 1.40 bits per heavy atom. The van der Waals surface area contributed by atoms with E-state index in [1.807, 2.05) is 0 Å². The van der Waals surface area contributed by atoms with E-state index in [1.165, 1.54) is 12.1 Å². The Labute approximate surface area is 116 Å². The Morgan fingerprint density at radius 2 is 2.20 bits per heavy atom. The van der Waals surface area contributed by atoms with Gasteiger partial charge in [0.1, 0.15) is 0 Å². The normalized spacial score (nSPS) is 21.8. The number of carbonyl (C=O) groups is 1. The van der Waals surface area contributed by atoms with E-state index in [0.29, 0.717) is 6.61 Å². The predicted molar refractivity (Wildman–Crippen MR) is 71.5 cm³/mol. The first kappa shape index (κ1) is 14.7. The molecule has 20 heavy (non-hydrogen) atoms. The highest BCUT2D eigenvalue weighted by Crippen LogP contribution is 2.26. The van der Waals surface area contributed by atoms with E-state index < -0.39 is 17.7 Å². The molecule has 1 aromatic carbocycles. The van der Waals surface area contributed by atoms with Crippen molar-refractivity contribution in [3.05, 3.63) is 29.8 Å². The second kappa shape index (κ2) is 6.65. The molecule has 0 radical (unpaired) electrons. The molecule has 1 fully saturated rings. The van der Waals surface area contributed by atoms with Crippen molar-refractivity contribution in [1.82, 2.24) is 5.32 Å². The minimum Gasteiger partial charge on any atom is -0.384 e. The van der Waals surface area contributed by atoms with Crippen LogP contribution in [-0.2, 0) is 4.74 Å². The SMILES string of the molecule is COC[C@H]1CCC[C@H]1NC(=O)Nc1cccc(F)c1F. The molecule has 2 rings (SSSR count). The monoisotopic (exact) mass is 284 g/mol. The van der Waals surface area contributed by atoms with Crippen LogP contribution in [0.15, 0.2) is 18.2 Å². The number of benzene rings is 1. The fraction of sp³-hybridized carbons (Fsp3) is 0.500. The summed E-state index contributed by atoms with van der Waals surface area (Å²) in [6, 6.07) is 3.15. The minimum atomic E-state index is -1.05. The molecule has 0 spiro atoms. The summed E-state index contributed by atoms with van der Waals surface area (Å²) in [6.07, 6.45) is 2.88. The predicted octanol–water partition coefficient (Wildman–Crippen LogP) is 2.90. The molecule has 2 amide bonds. The molecule has 0 aromatic heterocycles. The van der Waals surface area contributed by atoms with Gasteiger partial charge in [-0.25, -0.2) is 13.6 Å². The maximum Gasteiger partial charge on any atom is 0.319 e. The van der Waals surface area contributed by atoms with E-state index in [4.69, 9.17) is 4.74 Å². The van der Waals surface area contributed by atoms with Gasteiger partial charge in [-0.15, -0.1) is 0 Å². The van der Waals surface area contributed by atoms with Crippen molar-refractivity contribution in [1.29, 1.82) is 0 Å². The van der Waals surface area contributed by atoms with E-state index in [0.717, 1.165) is 25.3 Å². The van der Waals surface area contributed by atoms with Crippen LogP contribution in [0.3, 0.4) is 0 Å². The van der Waals surface area contributed by atoms with Crippen LogP contribution >= 0.6 is 0 Å². The van der Waals surface area contributed by atoms with Crippen molar-refractivity contribution >= 4 is 11.7 Å². The molecule has 2 atom stereocenters. The molecule has 6 heteroatoms. The Morgan fingerprint density at radius 3 is 2.95 bits per heavy atom. The first-order chi connectivity index (χ1) is 9.61. The number of nitrogens with one attached hydrogen (secondary N) is 2. The number of methoxy groups -OCH3 is 1. The van der Waals surface area contributed by atoms with E-state index >= 15 is 0 Å². The van der Waals surface area contributed by atoms with E-state index in [2.05, 4.69) is 10.6 Å². The topological polar surface area (TPSA) is 50.4 Å². The van der Waals surface area contributed by atoms with Crippen molar-refractivity contribution in [3.63, 3.8) is 0 Å². The molecular weight excluding hydrogens is 266 g/mol. The van der Waals surface area contributed by atoms with Crippen LogP contribution in [0.5, 0.6) is 0 Å². The maximum absolute atomic E-state index is 13.4. The molecule has 4 nitrogen and oxygen atoms in total. The summed E-state index contributed by atoms with van der Waals surface area (Å²) in [5.41, 5.74) is -0.163. The molecule has 2 N–H and O–H groups in total. The second-order valence-electron chi connectivity index (χ2n) is 4.95. The number of hydrogen-bond donors (Lipinski definition) is 2. The number of anilines is 1. The van der Waals surface area contributed by atoms with Gasteiger partial charge in [0.15, 0.2) is 11.6 Å². The highest BCUT2D eigenvalue weighted by Gasteiger charge is 2.28. The molecule has 0 heterocycles. The molecule has 110 valence electrons. The van der Waals surface area contributed by atoms with Crippen LogP contribution in [0.4, 0.5) is 19.3 Å². The number of hydrogen-bond acceptors (Lipinski definition) is 2. The van der Waals surface area contributed by atoms with Crippen molar-refractivity contribution < 1.29 is 18.3 Å². The van der Waals surface area contributed by atoms with Crippen LogP contribution in [0.2, 0.25) is 0 Å². The third-order valence-corrected chi connectivity index (χ3v) is 3.56. The van der Waals surface area contributed by atoms with Gasteiger partial charge in [0.05, 0.1) is 12.3 Å². The van der Waals surface area contributed by atoms with Crippen molar-refractivity contribution in [2.75, 3.05) is 19.0 Å². The van der Waals surface area contributed by atoms with Gasteiger partial charge in [0.2, 0.25) is 0 Å². The molecule has 0 aliphatic heterocycles. The van der Waals surface area contributed by atoms with Gasteiger partial charge < -0.3 is 15.4 Å². The van der Waals surface area contributed by atoms with Crippen molar-refractivity contribution in [3.8, 4) is 0 Å². The summed E-state index contributed by atoms with van der Waals surface area (Å²) in [6.45, 7) is 0.583. The first-order valence-electron chi connectivity index (χ1n) is 6.62. The van der Waals surface area contributed by atoms with Gasteiger partial charge in [0.25, 0.3) is 0 Å². The summed E-state index contributed by atoms with van der Waals surface area (Å²) >= 11 is 0. The third-order valence-electron chi connectivity index (χ3n) is 3.56. The zero-order chi connectivity index (χ0) is 14.5. The fourth-order valence-electron chi connectivity index (χ4n) is 2.57. The van der Waals surface area contributed by atoms with Crippen LogP contribution in [0.1, 0.15) is 19.3 Å². The summed E-state index contributed by atoms with van der Waals surface area (Å²) in [7, 11) is 1.62. The quantitative estimate of drug-likeness (QED) is 0.893. The lowest BCUT2D eigenvalue weighted by Gasteiger charge is -2.20. The molecule has 1 saturated carbocycles. The third kappa shape index (κ3) is 3.45. The lowest BCUT2D eigenvalue weighted by Crippen LogP contribution is -2.41. The number of amides is 2. The molecule has 1 aromatic rings. The lowest BCUT2D eigenvalue weighted by atomic mass is 10.1. The Kier molecular flexibility index (Phi) is 4.89. The zero-order valence-corrected chi connectivity index (χ0v) is 11.3. The van der Waals surface area contributed by atoms with E-state index in [-0.39, 0.29) is 17.6 Å². The Hall–Kier alpha value is -1.69. The number of rotatable bonds is 4. The molecule has 0 bridgehead atoms. The summed E-state index contributed by atoms with van der Waals surface area (Å²) < 4.78 is 31.6. The smallest absolute Gasteiger partial charge is 0.319 e. The maximum atomic E-state index is 13.4. The average molecular weight is 284 g/mol. The molecule has 1 aliphatic rings. The first-order valence-corrected chi connectivity index (χ1v) is 6.62. The van der Waals surface area contributed by atoms with Gasteiger partial charge in [-0.1, -0.05) is 12.5 Å². The summed E-state index contributed by atoms with van der Waals surface area (Å²) in [5, 5.41) is 5.12. The van der Waals surface area contributed by atoms with Crippen LogP contribution < -0.4 is 10.6 Å². The number of halogens is 2. The van der Waals surface area contributed by atoms with Crippen LogP contribution in [0, 0.1) is 17.6 Å². The highest BCUT2D eigenvalue weighted by atomic mass is 19.2. The highest BCUT2D eigenvalue weighted by molar-refractivity contribution is 5.89. The molecular formula is C14H18F2N2O2. The second-order valence-corrected chi connectivity index (χ2v) is 4.95. The fourth-order valence-corrected chi connectivity index (χ4v) is 2.57. The molecule has 0 unspecified atom stereocenters. The number of urea groups is 1. The average Bonchev–Trinajstić information content (AvgIpc) is 2.83. The standard InChI is InChI=1S/C14H18F2N2O2/c1-20-8-9-4-2-6-11(9)17-14(19)18-12-7-3-5-10(15)13(12)16/h3,5,7,9,11H,2,4,6,8H2,1H3,(H2,17,18,19)/t9-,11-/m1/s1. The summed E-state index contributed by atoms with van der Waals surface area (Å²) in [5.74, 6) is -1.77. The van der Waals surface area contributed by atoms with E-state index in [9.17, 15) is 13.6 Å². The Bertz CT molecular complexity index is 482.